The minimum Gasteiger partial charge on any atom is -0.300 e. The quantitative estimate of drug-likeness (QED) is 0.751. The molecule has 0 unspecified atom stereocenters. The maximum Gasteiger partial charge on any atom is 0.0995 e. The zero-order chi connectivity index (χ0) is 11.0. The molecule has 2 aromatic heterocycles. The van der Waals surface area contributed by atoms with Crippen molar-refractivity contribution in [2.75, 3.05) is 0 Å². The zero-order valence-corrected chi connectivity index (χ0v) is 9.73. The minimum atomic E-state index is 0.436. The van der Waals surface area contributed by atoms with Gasteiger partial charge in [0.05, 0.1) is 23.7 Å². The van der Waals surface area contributed by atoms with Gasteiger partial charge in [-0.25, -0.2) is 4.98 Å². The standard InChI is InChI=1S/C12H17N3/c1-8(2)10-6-14-12(9(3)4)11-5-13-7-15(10)11/h5-9H,1-4H3. The van der Waals surface area contributed by atoms with E-state index in [0.29, 0.717) is 11.8 Å². The molecule has 0 atom stereocenters. The number of hydrogen-bond acceptors (Lipinski definition) is 2. The number of fused-ring (bicyclic) bond motifs is 1. The van der Waals surface area contributed by atoms with Gasteiger partial charge in [-0.3, -0.25) is 9.38 Å². The van der Waals surface area contributed by atoms with Crippen LogP contribution in [-0.2, 0) is 0 Å². The van der Waals surface area contributed by atoms with Crippen LogP contribution in [0.15, 0.2) is 18.7 Å². The first-order chi connectivity index (χ1) is 7.11. The third kappa shape index (κ3) is 1.62. The number of nitrogens with zero attached hydrogens (tertiary/aromatic N) is 3. The van der Waals surface area contributed by atoms with E-state index >= 15 is 0 Å². The maximum atomic E-state index is 4.54. The molecule has 2 rings (SSSR count). The Morgan fingerprint density at radius 3 is 2.40 bits per heavy atom. The molecular formula is C12H17N3. The molecule has 2 aromatic rings. The third-order valence-electron chi connectivity index (χ3n) is 2.65. The molecule has 0 amide bonds. The summed E-state index contributed by atoms with van der Waals surface area (Å²) in [4.78, 5) is 8.75. The van der Waals surface area contributed by atoms with Crippen LogP contribution in [0.3, 0.4) is 0 Å². The second-order valence-electron chi connectivity index (χ2n) is 4.53. The zero-order valence-electron chi connectivity index (χ0n) is 9.73. The van der Waals surface area contributed by atoms with Crippen LogP contribution >= 0.6 is 0 Å². The van der Waals surface area contributed by atoms with Crippen molar-refractivity contribution >= 4 is 5.52 Å². The number of imidazole rings is 1. The Hall–Kier alpha value is -1.38. The molecule has 0 aliphatic carbocycles. The lowest BCUT2D eigenvalue weighted by atomic mass is 10.1. The molecule has 0 aliphatic heterocycles. The van der Waals surface area contributed by atoms with Crippen molar-refractivity contribution in [3.05, 3.63) is 30.1 Å². The highest BCUT2D eigenvalue weighted by atomic mass is 15.0. The fourth-order valence-electron chi connectivity index (χ4n) is 1.83. The molecule has 0 aromatic carbocycles. The molecule has 0 spiro atoms. The molecule has 2 heterocycles. The fourth-order valence-corrected chi connectivity index (χ4v) is 1.83. The highest BCUT2D eigenvalue weighted by Gasteiger charge is 2.11. The van der Waals surface area contributed by atoms with Crippen molar-refractivity contribution in [3.63, 3.8) is 0 Å². The Kier molecular flexibility index (Phi) is 2.47. The van der Waals surface area contributed by atoms with Crippen molar-refractivity contribution in [1.82, 2.24) is 14.4 Å². The van der Waals surface area contributed by atoms with Gasteiger partial charge in [0.25, 0.3) is 0 Å². The average Bonchev–Trinajstić information content (AvgIpc) is 2.63. The molecule has 3 nitrogen and oxygen atoms in total. The lowest BCUT2D eigenvalue weighted by Crippen LogP contribution is -2.04. The maximum absolute atomic E-state index is 4.54. The SMILES string of the molecule is CC(C)c1ncc(C(C)C)n2cncc12. The molecule has 0 N–H and O–H groups in total. The van der Waals surface area contributed by atoms with E-state index in [4.69, 9.17) is 0 Å². The normalized spacial score (nSPS) is 11.9. The van der Waals surface area contributed by atoms with Gasteiger partial charge < -0.3 is 0 Å². The van der Waals surface area contributed by atoms with Gasteiger partial charge in [0, 0.05) is 11.9 Å². The van der Waals surface area contributed by atoms with E-state index in [1.54, 1.807) is 0 Å². The van der Waals surface area contributed by atoms with Gasteiger partial charge >= 0.3 is 0 Å². The molecule has 0 fully saturated rings. The van der Waals surface area contributed by atoms with E-state index in [1.807, 2.05) is 18.7 Å². The van der Waals surface area contributed by atoms with E-state index in [9.17, 15) is 0 Å². The molecule has 0 saturated carbocycles. The second kappa shape index (κ2) is 3.65. The summed E-state index contributed by atoms with van der Waals surface area (Å²) in [5.41, 5.74) is 3.47. The summed E-state index contributed by atoms with van der Waals surface area (Å²) in [6.45, 7) is 8.66. The molecule has 15 heavy (non-hydrogen) atoms. The van der Waals surface area contributed by atoms with E-state index in [2.05, 4.69) is 42.1 Å². The highest BCUT2D eigenvalue weighted by molar-refractivity contribution is 5.52. The van der Waals surface area contributed by atoms with E-state index in [-0.39, 0.29) is 0 Å². The molecule has 0 aliphatic rings. The third-order valence-corrected chi connectivity index (χ3v) is 2.65. The molecule has 3 heteroatoms. The Morgan fingerprint density at radius 2 is 1.80 bits per heavy atom. The van der Waals surface area contributed by atoms with Crippen LogP contribution < -0.4 is 0 Å². The Labute approximate surface area is 90.2 Å². The first-order valence-corrected chi connectivity index (χ1v) is 5.42. The number of rotatable bonds is 2. The highest BCUT2D eigenvalue weighted by Crippen LogP contribution is 2.22. The van der Waals surface area contributed by atoms with Crippen LogP contribution in [0.5, 0.6) is 0 Å². The monoisotopic (exact) mass is 203 g/mol. The van der Waals surface area contributed by atoms with Crippen LogP contribution in [0.4, 0.5) is 0 Å². The van der Waals surface area contributed by atoms with Crippen LogP contribution in [0.1, 0.15) is 50.9 Å². The van der Waals surface area contributed by atoms with Gasteiger partial charge in [-0.1, -0.05) is 27.7 Å². The molecule has 0 bridgehead atoms. The first kappa shape index (κ1) is 10.1. The summed E-state index contributed by atoms with van der Waals surface area (Å²) >= 11 is 0. The minimum absolute atomic E-state index is 0.436. The fraction of sp³-hybridized carbons (Fsp3) is 0.500. The average molecular weight is 203 g/mol. The van der Waals surface area contributed by atoms with Gasteiger partial charge in [0.1, 0.15) is 0 Å². The van der Waals surface area contributed by atoms with Crippen LogP contribution in [0, 0.1) is 0 Å². The van der Waals surface area contributed by atoms with Crippen LogP contribution in [-0.4, -0.2) is 14.4 Å². The Morgan fingerprint density at radius 1 is 1.07 bits per heavy atom. The van der Waals surface area contributed by atoms with Crippen molar-refractivity contribution in [1.29, 1.82) is 0 Å². The molecular weight excluding hydrogens is 186 g/mol. The van der Waals surface area contributed by atoms with Crippen molar-refractivity contribution < 1.29 is 0 Å². The van der Waals surface area contributed by atoms with Gasteiger partial charge in [-0.15, -0.1) is 0 Å². The second-order valence-corrected chi connectivity index (χ2v) is 4.53. The summed E-state index contributed by atoms with van der Waals surface area (Å²) < 4.78 is 2.15. The van der Waals surface area contributed by atoms with Gasteiger partial charge in [-0.2, -0.15) is 0 Å². The number of hydrogen-bond donors (Lipinski definition) is 0. The Balaban J connectivity index is 2.71. The van der Waals surface area contributed by atoms with Crippen LogP contribution in [0.2, 0.25) is 0 Å². The Bertz CT molecular complexity index is 427. The number of aromatic nitrogens is 3. The van der Waals surface area contributed by atoms with E-state index in [0.717, 1.165) is 11.2 Å². The van der Waals surface area contributed by atoms with Gasteiger partial charge in [-0.05, 0) is 11.8 Å². The summed E-state index contributed by atoms with van der Waals surface area (Å²) in [5, 5.41) is 0. The summed E-state index contributed by atoms with van der Waals surface area (Å²) in [6.07, 6.45) is 5.74. The lowest BCUT2D eigenvalue weighted by Gasteiger charge is -2.12. The van der Waals surface area contributed by atoms with Gasteiger partial charge in [0.2, 0.25) is 0 Å². The topological polar surface area (TPSA) is 30.2 Å². The predicted molar refractivity (Wildman–Crippen MR) is 61.2 cm³/mol. The van der Waals surface area contributed by atoms with E-state index in [1.165, 1.54) is 5.69 Å². The largest absolute Gasteiger partial charge is 0.300 e. The molecule has 0 saturated heterocycles. The van der Waals surface area contributed by atoms with Gasteiger partial charge in [0.15, 0.2) is 0 Å². The summed E-state index contributed by atoms with van der Waals surface area (Å²) in [6, 6.07) is 0. The molecule has 0 radical (unpaired) electrons. The van der Waals surface area contributed by atoms with Crippen LogP contribution in [0.25, 0.3) is 5.52 Å². The van der Waals surface area contributed by atoms with Crippen molar-refractivity contribution in [3.8, 4) is 0 Å². The van der Waals surface area contributed by atoms with Crippen molar-refractivity contribution in [2.45, 2.75) is 39.5 Å². The summed E-state index contributed by atoms with van der Waals surface area (Å²) in [7, 11) is 0. The first-order valence-electron chi connectivity index (χ1n) is 5.42. The summed E-state index contributed by atoms with van der Waals surface area (Å²) in [5.74, 6) is 0.904. The van der Waals surface area contributed by atoms with Crippen molar-refractivity contribution in [2.24, 2.45) is 0 Å². The lowest BCUT2D eigenvalue weighted by molar-refractivity contribution is 0.761. The van der Waals surface area contributed by atoms with E-state index < -0.39 is 0 Å². The smallest absolute Gasteiger partial charge is 0.0995 e. The predicted octanol–water partition coefficient (Wildman–Crippen LogP) is 2.98. The molecule has 80 valence electrons.